The second kappa shape index (κ2) is 3.71. The predicted molar refractivity (Wildman–Crippen MR) is 34.9 cm³/mol. The molecule has 0 aromatic rings. The molecule has 0 bridgehead atoms. The number of carbonyl (C=O) groups excluding carboxylic acids is 2. The van der Waals surface area contributed by atoms with E-state index in [-0.39, 0.29) is 5.91 Å². The van der Waals surface area contributed by atoms with Crippen LogP contribution in [0.4, 0.5) is 4.79 Å². The van der Waals surface area contributed by atoms with Crippen LogP contribution in [0.3, 0.4) is 0 Å². The molecular formula is C5H10N3O2. The van der Waals surface area contributed by atoms with Crippen molar-refractivity contribution >= 4 is 11.9 Å². The van der Waals surface area contributed by atoms with E-state index in [0.29, 0.717) is 0 Å². The molecule has 0 saturated heterocycles. The zero-order valence-corrected chi connectivity index (χ0v) is 5.89. The van der Waals surface area contributed by atoms with E-state index in [9.17, 15) is 9.59 Å². The van der Waals surface area contributed by atoms with Crippen molar-refractivity contribution in [2.75, 3.05) is 0 Å². The Morgan fingerprint density at radius 1 is 1.40 bits per heavy atom. The van der Waals surface area contributed by atoms with Gasteiger partial charge in [0.25, 0.3) is 0 Å². The van der Waals surface area contributed by atoms with Crippen LogP contribution in [0, 0.1) is 0 Å². The first-order valence-corrected chi connectivity index (χ1v) is 2.81. The van der Waals surface area contributed by atoms with Gasteiger partial charge in [0.2, 0.25) is 5.91 Å². The lowest BCUT2D eigenvalue weighted by Crippen LogP contribution is -2.44. The molecule has 0 aromatic heterocycles. The fraction of sp³-hybridized carbons (Fsp3) is 0.600. The summed E-state index contributed by atoms with van der Waals surface area (Å²) in [6.07, 6.45) is -0.470. The minimum atomic E-state index is -0.902. The molecule has 1 unspecified atom stereocenters. The van der Waals surface area contributed by atoms with E-state index >= 15 is 0 Å². The lowest BCUT2D eigenvalue weighted by Gasteiger charge is -2.11. The number of amides is 3. The molecule has 5 heteroatoms. The van der Waals surface area contributed by atoms with Crippen molar-refractivity contribution in [3.8, 4) is 0 Å². The molecule has 0 aliphatic heterocycles. The molecule has 0 aromatic carbocycles. The fourth-order valence-electron chi connectivity index (χ4n) is 0.538. The molecule has 0 aliphatic carbocycles. The van der Waals surface area contributed by atoms with Crippen molar-refractivity contribution in [2.24, 2.45) is 0 Å². The number of hydrogen-bond donors (Lipinski definition) is 2. The quantitative estimate of drug-likeness (QED) is 0.510. The molecule has 3 N–H and O–H groups in total. The summed E-state index contributed by atoms with van der Waals surface area (Å²) in [5.74, 6) is -0.235. The van der Waals surface area contributed by atoms with Gasteiger partial charge in [-0.15, -0.1) is 0 Å². The Kier molecular flexibility index (Phi) is 3.24. The summed E-state index contributed by atoms with van der Waals surface area (Å²) in [7, 11) is 0. The molecular weight excluding hydrogens is 134 g/mol. The van der Waals surface area contributed by atoms with Crippen LogP contribution < -0.4 is 16.4 Å². The first kappa shape index (κ1) is 8.74. The molecule has 0 fully saturated rings. The van der Waals surface area contributed by atoms with Gasteiger partial charge in [-0.3, -0.25) is 4.79 Å². The Hall–Kier alpha value is -1.26. The number of nitrogens with one attached hydrogen (secondary N) is 3. The number of carbonyl (C=O) groups is 2. The molecule has 0 heterocycles. The van der Waals surface area contributed by atoms with E-state index in [0.717, 1.165) is 0 Å². The Bertz CT molecular complexity index is 130. The Morgan fingerprint density at radius 2 is 1.90 bits per heavy atom. The third-order valence-corrected chi connectivity index (χ3v) is 0.767. The number of urea groups is 1. The molecule has 0 aliphatic rings. The van der Waals surface area contributed by atoms with Gasteiger partial charge in [-0.25, -0.2) is 10.5 Å². The van der Waals surface area contributed by atoms with E-state index in [1.54, 1.807) is 6.92 Å². The summed E-state index contributed by atoms with van der Waals surface area (Å²) in [4.78, 5) is 20.4. The van der Waals surface area contributed by atoms with Crippen LogP contribution in [0.5, 0.6) is 0 Å². The van der Waals surface area contributed by atoms with Crippen LogP contribution in [-0.2, 0) is 4.79 Å². The first-order valence-electron chi connectivity index (χ1n) is 2.81. The van der Waals surface area contributed by atoms with E-state index in [1.165, 1.54) is 6.92 Å². The average molecular weight is 144 g/mol. The number of hydrogen-bond acceptors (Lipinski definition) is 2. The monoisotopic (exact) mass is 144 g/mol. The predicted octanol–water partition coefficient (Wildman–Crippen LogP) is -0.539. The normalized spacial score (nSPS) is 11.8. The largest absolute Gasteiger partial charge is 0.336 e. The van der Waals surface area contributed by atoms with E-state index in [2.05, 4.69) is 10.6 Å². The molecule has 10 heavy (non-hydrogen) atoms. The smallest absolute Gasteiger partial charge is 0.335 e. The van der Waals surface area contributed by atoms with Gasteiger partial charge in [0, 0.05) is 6.92 Å². The highest BCUT2D eigenvalue weighted by atomic mass is 16.2. The highest BCUT2D eigenvalue weighted by molar-refractivity contribution is 5.75. The van der Waals surface area contributed by atoms with Gasteiger partial charge >= 0.3 is 6.03 Å². The van der Waals surface area contributed by atoms with Crippen molar-refractivity contribution in [1.82, 2.24) is 16.4 Å². The zero-order chi connectivity index (χ0) is 8.15. The minimum absolute atomic E-state index is 0.235. The third-order valence-electron chi connectivity index (χ3n) is 0.767. The van der Waals surface area contributed by atoms with Crippen LogP contribution in [0.1, 0.15) is 13.8 Å². The maximum Gasteiger partial charge on any atom is 0.335 e. The maximum absolute atomic E-state index is 10.3. The van der Waals surface area contributed by atoms with Crippen LogP contribution in [-0.4, -0.2) is 18.1 Å². The third kappa shape index (κ3) is 4.89. The summed E-state index contributed by atoms with van der Waals surface area (Å²) in [6, 6.07) is -0.902. The Balaban J connectivity index is 3.53. The van der Waals surface area contributed by atoms with Crippen molar-refractivity contribution in [3.05, 3.63) is 0 Å². The summed E-state index contributed by atoms with van der Waals surface area (Å²) < 4.78 is 0. The van der Waals surface area contributed by atoms with Gasteiger partial charge in [0.1, 0.15) is 0 Å². The highest BCUT2D eigenvalue weighted by Crippen LogP contribution is 1.73. The van der Waals surface area contributed by atoms with Crippen LogP contribution >= 0.6 is 0 Å². The summed E-state index contributed by atoms with van der Waals surface area (Å²) >= 11 is 0. The van der Waals surface area contributed by atoms with E-state index in [1.807, 2.05) is 0 Å². The van der Waals surface area contributed by atoms with Gasteiger partial charge in [-0.1, -0.05) is 0 Å². The molecule has 1 atom stereocenters. The molecule has 57 valence electrons. The van der Waals surface area contributed by atoms with Crippen LogP contribution in [0.25, 0.3) is 0 Å². The zero-order valence-electron chi connectivity index (χ0n) is 5.89. The molecule has 5 nitrogen and oxygen atoms in total. The molecule has 3 amide bonds. The van der Waals surface area contributed by atoms with Gasteiger partial charge in [0.15, 0.2) is 0 Å². The fourth-order valence-corrected chi connectivity index (χ4v) is 0.538. The van der Waals surface area contributed by atoms with Crippen molar-refractivity contribution < 1.29 is 9.59 Å². The molecule has 1 radical (unpaired) electrons. The Labute approximate surface area is 59.0 Å². The van der Waals surface area contributed by atoms with Crippen molar-refractivity contribution in [3.63, 3.8) is 0 Å². The van der Waals surface area contributed by atoms with Crippen molar-refractivity contribution in [2.45, 2.75) is 20.0 Å². The Morgan fingerprint density at radius 3 is 2.20 bits per heavy atom. The van der Waals surface area contributed by atoms with E-state index in [4.69, 9.17) is 5.73 Å². The topological polar surface area (TPSA) is 82.0 Å². The maximum atomic E-state index is 10.3. The SMILES string of the molecule is CC(=O)NC(C)NC([NH])=O. The lowest BCUT2D eigenvalue weighted by molar-refractivity contribution is -0.119. The van der Waals surface area contributed by atoms with Gasteiger partial charge in [-0.2, -0.15) is 0 Å². The molecule has 0 rings (SSSR count). The minimum Gasteiger partial charge on any atom is -0.336 e. The van der Waals surface area contributed by atoms with E-state index < -0.39 is 12.2 Å². The average Bonchev–Trinajstić information content (AvgIpc) is 1.58. The second-order valence-corrected chi connectivity index (χ2v) is 1.90. The number of rotatable bonds is 2. The summed E-state index contributed by atoms with van der Waals surface area (Å²) in [5, 5.41) is 4.55. The highest BCUT2D eigenvalue weighted by Gasteiger charge is 2.03. The first-order chi connectivity index (χ1) is 4.52. The van der Waals surface area contributed by atoms with Crippen molar-refractivity contribution in [1.29, 1.82) is 0 Å². The summed E-state index contributed by atoms with van der Waals surface area (Å²) in [6.45, 7) is 2.92. The van der Waals surface area contributed by atoms with Gasteiger partial charge in [0.05, 0.1) is 6.17 Å². The van der Waals surface area contributed by atoms with Crippen LogP contribution in [0.15, 0.2) is 0 Å². The second-order valence-electron chi connectivity index (χ2n) is 1.90. The molecule has 0 spiro atoms. The standard InChI is InChI=1S/C5H10N3O2/c1-3(7-4(2)9)8-5(6)10/h3,6H,1-2H3,(H,7,9)(H,8,10). The van der Waals surface area contributed by atoms with Gasteiger partial charge < -0.3 is 10.6 Å². The van der Waals surface area contributed by atoms with Crippen LogP contribution in [0.2, 0.25) is 0 Å². The lowest BCUT2D eigenvalue weighted by atomic mass is 10.5. The summed E-state index contributed by atoms with van der Waals surface area (Å²) in [5.41, 5.74) is 6.45. The van der Waals surface area contributed by atoms with Gasteiger partial charge in [-0.05, 0) is 6.92 Å². The molecule has 0 saturated carbocycles.